The normalized spacial score (nSPS) is 11.7. The maximum atomic E-state index is 8.98. The minimum absolute atomic E-state index is 0.194. The van der Waals surface area contributed by atoms with Crippen LogP contribution >= 0.6 is 11.3 Å². The van der Waals surface area contributed by atoms with Crippen molar-refractivity contribution < 1.29 is 9.84 Å². The smallest absolute Gasteiger partial charge is 0.120 e. The molecule has 0 saturated carbocycles. The SMILES string of the molecule is CCN(CCO)CCOc1ccc2nc(CC(C)C)sc2c1. The maximum absolute atomic E-state index is 8.98. The monoisotopic (exact) mass is 322 g/mol. The fourth-order valence-corrected chi connectivity index (χ4v) is 3.55. The topological polar surface area (TPSA) is 45.6 Å². The molecule has 5 heteroatoms. The molecule has 122 valence electrons. The molecule has 1 N–H and O–H groups in total. The first-order chi connectivity index (χ1) is 10.6. The van der Waals surface area contributed by atoms with Gasteiger partial charge < -0.3 is 9.84 Å². The summed E-state index contributed by atoms with van der Waals surface area (Å²) in [6.07, 6.45) is 1.03. The van der Waals surface area contributed by atoms with Crippen molar-refractivity contribution >= 4 is 21.6 Å². The van der Waals surface area contributed by atoms with Crippen LogP contribution in [0, 0.1) is 5.92 Å². The van der Waals surface area contributed by atoms with E-state index in [2.05, 4.69) is 36.7 Å². The minimum Gasteiger partial charge on any atom is -0.492 e. The van der Waals surface area contributed by atoms with Gasteiger partial charge in [0.05, 0.1) is 21.8 Å². The van der Waals surface area contributed by atoms with Gasteiger partial charge in [0.15, 0.2) is 0 Å². The van der Waals surface area contributed by atoms with Crippen LogP contribution in [0.3, 0.4) is 0 Å². The minimum atomic E-state index is 0.194. The molecule has 0 amide bonds. The van der Waals surface area contributed by atoms with Crippen molar-refractivity contribution in [1.29, 1.82) is 0 Å². The molecule has 1 heterocycles. The van der Waals surface area contributed by atoms with Crippen molar-refractivity contribution in [3.63, 3.8) is 0 Å². The van der Waals surface area contributed by atoms with Gasteiger partial charge in [0.2, 0.25) is 0 Å². The van der Waals surface area contributed by atoms with E-state index < -0.39 is 0 Å². The molecule has 0 saturated heterocycles. The molecule has 2 aromatic rings. The fourth-order valence-electron chi connectivity index (χ4n) is 2.34. The number of likely N-dealkylation sites (N-methyl/N-ethyl adjacent to an activating group) is 1. The molecule has 0 fully saturated rings. The Labute approximate surface area is 136 Å². The Kier molecular flexibility index (Phi) is 6.61. The summed E-state index contributed by atoms with van der Waals surface area (Å²) in [5.41, 5.74) is 1.06. The van der Waals surface area contributed by atoms with Crippen LogP contribution in [0.25, 0.3) is 10.2 Å². The first kappa shape index (κ1) is 17.2. The van der Waals surface area contributed by atoms with Crippen molar-refractivity contribution in [2.75, 3.05) is 32.8 Å². The molecule has 0 aliphatic rings. The average molecular weight is 322 g/mol. The van der Waals surface area contributed by atoms with Gasteiger partial charge in [-0.15, -0.1) is 11.3 Å². The average Bonchev–Trinajstić information content (AvgIpc) is 2.86. The molecule has 0 atom stereocenters. The second-order valence-corrected chi connectivity index (χ2v) is 6.96. The lowest BCUT2D eigenvalue weighted by atomic mass is 10.1. The van der Waals surface area contributed by atoms with Crippen molar-refractivity contribution in [2.24, 2.45) is 5.92 Å². The first-order valence-corrected chi connectivity index (χ1v) is 8.79. The number of fused-ring (bicyclic) bond motifs is 1. The van der Waals surface area contributed by atoms with E-state index in [0.29, 0.717) is 19.1 Å². The highest BCUT2D eigenvalue weighted by Crippen LogP contribution is 2.27. The summed E-state index contributed by atoms with van der Waals surface area (Å²) in [5, 5.41) is 10.2. The van der Waals surface area contributed by atoms with Crippen LogP contribution in [0.2, 0.25) is 0 Å². The molecule has 0 aliphatic carbocycles. The molecule has 1 aromatic heterocycles. The summed E-state index contributed by atoms with van der Waals surface area (Å²) in [4.78, 5) is 6.84. The Balaban J connectivity index is 1.94. The second-order valence-electron chi connectivity index (χ2n) is 5.84. The van der Waals surface area contributed by atoms with Crippen LogP contribution < -0.4 is 4.74 Å². The van der Waals surface area contributed by atoms with Gasteiger partial charge in [-0.2, -0.15) is 0 Å². The largest absolute Gasteiger partial charge is 0.492 e. The van der Waals surface area contributed by atoms with Crippen LogP contribution in [0.15, 0.2) is 18.2 Å². The van der Waals surface area contributed by atoms with E-state index in [-0.39, 0.29) is 6.61 Å². The summed E-state index contributed by atoms with van der Waals surface area (Å²) in [6.45, 7) is 9.81. The van der Waals surface area contributed by atoms with E-state index in [0.717, 1.165) is 30.8 Å². The van der Waals surface area contributed by atoms with Gasteiger partial charge in [-0.1, -0.05) is 20.8 Å². The van der Waals surface area contributed by atoms with Gasteiger partial charge in [-0.05, 0) is 30.7 Å². The molecule has 0 spiro atoms. The zero-order valence-corrected chi connectivity index (χ0v) is 14.5. The van der Waals surface area contributed by atoms with Crippen LogP contribution in [0.1, 0.15) is 25.8 Å². The van der Waals surface area contributed by atoms with E-state index in [4.69, 9.17) is 9.84 Å². The Morgan fingerprint density at radius 3 is 2.82 bits per heavy atom. The van der Waals surface area contributed by atoms with Crippen LogP contribution in [0.4, 0.5) is 0 Å². The summed E-state index contributed by atoms with van der Waals surface area (Å²) >= 11 is 1.76. The first-order valence-electron chi connectivity index (χ1n) is 7.97. The standard InChI is InChI=1S/C17H26N2O2S/c1-4-19(7-9-20)8-10-21-14-5-6-15-16(12-14)22-17(18-15)11-13(2)3/h5-6,12-13,20H,4,7-11H2,1-3H3. The third-order valence-electron chi connectivity index (χ3n) is 3.53. The molecule has 0 aliphatic heterocycles. The Bertz CT molecular complexity index is 583. The molecule has 22 heavy (non-hydrogen) atoms. The zero-order chi connectivity index (χ0) is 15.9. The lowest BCUT2D eigenvalue weighted by Crippen LogP contribution is -2.30. The van der Waals surface area contributed by atoms with E-state index in [1.807, 2.05) is 12.1 Å². The summed E-state index contributed by atoms with van der Waals surface area (Å²) in [5.74, 6) is 1.52. The number of ether oxygens (including phenoxy) is 1. The molecule has 0 radical (unpaired) electrons. The van der Waals surface area contributed by atoms with Gasteiger partial charge >= 0.3 is 0 Å². The van der Waals surface area contributed by atoms with E-state index in [1.54, 1.807) is 11.3 Å². The van der Waals surface area contributed by atoms with Gasteiger partial charge in [-0.3, -0.25) is 4.90 Å². The third kappa shape index (κ3) is 4.93. The van der Waals surface area contributed by atoms with Gasteiger partial charge in [-0.25, -0.2) is 4.98 Å². The highest BCUT2D eigenvalue weighted by Gasteiger charge is 2.07. The van der Waals surface area contributed by atoms with Gasteiger partial charge in [0.1, 0.15) is 12.4 Å². The molecular weight excluding hydrogens is 296 g/mol. The third-order valence-corrected chi connectivity index (χ3v) is 4.57. The van der Waals surface area contributed by atoms with Crippen LogP contribution in [-0.4, -0.2) is 47.8 Å². The number of aromatic nitrogens is 1. The number of thiazole rings is 1. The highest BCUT2D eigenvalue weighted by atomic mass is 32.1. The summed E-state index contributed by atoms with van der Waals surface area (Å²) < 4.78 is 7.03. The molecular formula is C17H26N2O2S. The van der Waals surface area contributed by atoms with Crippen molar-refractivity contribution in [3.8, 4) is 5.75 Å². The van der Waals surface area contributed by atoms with E-state index >= 15 is 0 Å². The quantitative estimate of drug-likeness (QED) is 0.770. The van der Waals surface area contributed by atoms with Crippen LogP contribution in [-0.2, 0) is 6.42 Å². The Morgan fingerprint density at radius 1 is 1.32 bits per heavy atom. The number of hydrogen-bond donors (Lipinski definition) is 1. The van der Waals surface area contributed by atoms with Gasteiger partial charge in [0.25, 0.3) is 0 Å². The Hall–Kier alpha value is -1.17. The van der Waals surface area contributed by atoms with Crippen molar-refractivity contribution in [3.05, 3.63) is 23.2 Å². The van der Waals surface area contributed by atoms with Crippen LogP contribution in [0.5, 0.6) is 5.75 Å². The molecule has 4 nitrogen and oxygen atoms in total. The fraction of sp³-hybridized carbons (Fsp3) is 0.588. The predicted octanol–water partition coefficient (Wildman–Crippen LogP) is 3.19. The highest BCUT2D eigenvalue weighted by molar-refractivity contribution is 7.18. The van der Waals surface area contributed by atoms with Crippen molar-refractivity contribution in [1.82, 2.24) is 9.88 Å². The number of benzene rings is 1. The second kappa shape index (κ2) is 8.46. The summed E-state index contributed by atoms with van der Waals surface area (Å²) in [7, 11) is 0. The number of aliphatic hydroxyl groups is 1. The Morgan fingerprint density at radius 2 is 2.14 bits per heavy atom. The summed E-state index contributed by atoms with van der Waals surface area (Å²) in [6, 6.07) is 6.11. The lowest BCUT2D eigenvalue weighted by Gasteiger charge is -2.19. The molecule has 0 unspecified atom stereocenters. The molecule has 0 bridgehead atoms. The number of hydrogen-bond acceptors (Lipinski definition) is 5. The van der Waals surface area contributed by atoms with Crippen molar-refractivity contribution in [2.45, 2.75) is 27.2 Å². The number of rotatable bonds is 9. The zero-order valence-electron chi connectivity index (χ0n) is 13.7. The lowest BCUT2D eigenvalue weighted by molar-refractivity contribution is 0.174. The van der Waals surface area contributed by atoms with E-state index in [1.165, 1.54) is 9.71 Å². The molecule has 2 rings (SSSR count). The molecule has 1 aromatic carbocycles. The van der Waals surface area contributed by atoms with Gasteiger partial charge in [0, 0.05) is 19.5 Å². The number of nitrogens with zero attached hydrogens (tertiary/aromatic N) is 2. The maximum Gasteiger partial charge on any atom is 0.120 e. The predicted molar refractivity (Wildman–Crippen MR) is 92.9 cm³/mol. The van der Waals surface area contributed by atoms with E-state index in [9.17, 15) is 0 Å². The number of aliphatic hydroxyl groups excluding tert-OH is 1.